The summed E-state index contributed by atoms with van der Waals surface area (Å²) in [6.45, 7) is 6.19. The second-order valence-corrected chi connectivity index (χ2v) is 12.4. The van der Waals surface area contributed by atoms with Crippen molar-refractivity contribution in [3.63, 3.8) is 0 Å². The summed E-state index contributed by atoms with van der Waals surface area (Å²) < 4.78 is 7.42. The highest BCUT2D eigenvalue weighted by atomic mass is 32.2. The zero-order valence-electron chi connectivity index (χ0n) is 26.0. The molecule has 0 aliphatic carbocycles. The van der Waals surface area contributed by atoms with Crippen molar-refractivity contribution in [1.82, 2.24) is 24.6 Å². The first-order valence-corrected chi connectivity index (χ1v) is 16.9. The normalized spacial score (nSPS) is 15.1. The van der Waals surface area contributed by atoms with Gasteiger partial charge in [-0.25, -0.2) is 0 Å². The van der Waals surface area contributed by atoms with Crippen LogP contribution < -0.4 is 4.74 Å². The number of nitrogens with zero attached hydrogens (tertiary/aromatic N) is 5. The van der Waals surface area contributed by atoms with Gasteiger partial charge in [-0.3, -0.25) is 14.2 Å². The second-order valence-electron chi connectivity index (χ2n) is 11.3. The van der Waals surface area contributed by atoms with Crippen LogP contribution in [0.5, 0.6) is 5.75 Å². The van der Waals surface area contributed by atoms with Crippen molar-refractivity contribution in [2.24, 2.45) is 0 Å². The molecule has 232 valence electrons. The Hall–Kier alpha value is -3.33. The number of ether oxygens (including phenoxy) is 1. The molecule has 4 rings (SSSR count). The Balaban J connectivity index is 1.22. The van der Waals surface area contributed by atoms with E-state index in [1.807, 2.05) is 64.4 Å². The maximum atomic E-state index is 13.0. The van der Waals surface area contributed by atoms with Crippen LogP contribution in [0.25, 0.3) is 17.1 Å². The summed E-state index contributed by atoms with van der Waals surface area (Å²) in [6, 6.07) is 18.1. The van der Waals surface area contributed by atoms with E-state index in [4.69, 9.17) is 4.74 Å². The average Bonchev–Trinajstić information content (AvgIpc) is 3.46. The molecule has 0 bridgehead atoms. The Labute approximate surface area is 261 Å². The molecular formula is C34H47N5O3S. The van der Waals surface area contributed by atoms with Crippen LogP contribution in [-0.2, 0) is 9.59 Å². The highest BCUT2D eigenvalue weighted by Gasteiger charge is 2.29. The van der Waals surface area contributed by atoms with E-state index in [9.17, 15) is 9.59 Å². The first-order chi connectivity index (χ1) is 21.0. The van der Waals surface area contributed by atoms with E-state index >= 15 is 0 Å². The maximum Gasteiger partial charge on any atom is 0.222 e. The van der Waals surface area contributed by atoms with Gasteiger partial charge in [0.1, 0.15) is 5.75 Å². The topological polar surface area (TPSA) is 80.6 Å². The van der Waals surface area contributed by atoms with Gasteiger partial charge in [-0.2, -0.15) is 0 Å². The van der Waals surface area contributed by atoms with Crippen LogP contribution in [-0.4, -0.2) is 74.9 Å². The van der Waals surface area contributed by atoms with Crippen LogP contribution in [0.1, 0.15) is 78.1 Å². The molecule has 0 radical (unpaired) electrons. The Morgan fingerprint density at radius 1 is 0.860 bits per heavy atom. The molecule has 43 heavy (non-hydrogen) atoms. The third-order valence-electron chi connectivity index (χ3n) is 8.06. The Morgan fingerprint density at radius 3 is 2.28 bits per heavy atom. The Morgan fingerprint density at radius 2 is 1.56 bits per heavy atom. The first-order valence-electron chi connectivity index (χ1n) is 15.9. The minimum atomic E-state index is 0.0731. The summed E-state index contributed by atoms with van der Waals surface area (Å²) in [4.78, 5) is 29.7. The van der Waals surface area contributed by atoms with Crippen molar-refractivity contribution >= 4 is 23.6 Å². The molecule has 1 saturated heterocycles. The maximum absolute atomic E-state index is 13.0. The standard InChI is InChI=1S/C34H47N5O3S/c1-4-5-6-7-8-12-18-32(41)38-24-23-37(26-27(38)2)31(40)17-13-14-25-43-34-36-35-33(28-15-10-9-11-16-28)39(34)29-19-21-30(42-3)22-20-29/h9-11,15-16,19-22,27H,4-8,12-14,17-18,23-26H2,1-3H3. The fourth-order valence-corrected chi connectivity index (χ4v) is 6.51. The van der Waals surface area contributed by atoms with E-state index in [0.717, 1.165) is 59.4 Å². The van der Waals surface area contributed by atoms with Gasteiger partial charge in [0.05, 0.1) is 7.11 Å². The molecule has 0 saturated carbocycles. The Bertz CT molecular complexity index is 1280. The molecular weight excluding hydrogens is 558 g/mol. The molecule has 0 spiro atoms. The van der Waals surface area contributed by atoms with Crippen molar-refractivity contribution < 1.29 is 14.3 Å². The quantitative estimate of drug-likeness (QED) is 0.129. The molecule has 1 aliphatic rings. The molecule has 1 fully saturated rings. The van der Waals surface area contributed by atoms with E-state index < -0.39 is 0 Å². The third-order valence-corrected chi connectivity index (χ3v) is 9.07. The highest BCUT2D eigenvalue weighted by Crippen LogP contribution is 2.29. The van der Waals surface area contributed by atoms with Crippen molar-refractivity contribution in [2.45, 2.75) is 89.3 Å². The number of hydrogen-bond acceptors (Lipinski definition) is 6. The number of benzene rings is 2. The van der Waals surface area contributed by atoms with Gasteiger partial charge in [0.15, 0.2) is 11.0 Å². The van der Waals surface area contributed by atoms with E-state index in [-0.39, 0.29) is 17.9 Å². The van der Waals surface area contributed by atoms with Gasteiger partial charge < -0.3 is 14.5 Å². The molecule has 9 heteroatoms. The summed E-state index contributed by atoms with van der Waals surface area (Å²) in [5.41, 5.74) is 1.97. The van der Waals surface area contributed by atoms with Gasteiger partial charge in [0.2, 0.25) is 11.8 Å². The number of piperazine rings is 1. The van der Waals surface area contributed by atoms with Crippen LogP contribution >= 0.6 is 11.8 Å². The van der Waals surface area contributed by atoms with Crippen molar-refractivity contribution in [2.75, 3.05) is 32.5 Å². The molecule has 2 aromatic carbocycles. The van der Waals surface area contributed by atoms with Gasteiger partial charge in [-0.15, -0.1) is 10.2 Å². The molecule has 0 N–H and O–H groups in total. The van der Waals surface area contributed by atoms with Gasteiger partial charge >= 0.3 is 0 Å². The number of thioether (sulfide) groups is 1. The molecule has 1 aromatic heterocycles. The zero-order chi connectivity index (χ0) is 30.4. The van der Waals surface area contributed by atoms with Gasteiger partial charge in [-0.1, -0.05) is 81.1 Å². The summed E-state index contributed by atoms with van der Waals surface area (Å²) in [5.74, 6) is 2.86. The van der Waals surface area contributed by atoms with Crippen molar-refractivity contribution in [3.05, 3.63) is 54.6 Å². The molecule has 3 aromatic rings. The molecule has 1 aliphatic heterocycles. The van der Waals surface area contributed by atoms with Gasteiger partial charge in [0, 0.05) is 55.5 Å². The molecule has 1 unspecified atom stereocenters. The predicted molar refractivity (Wildman–Crippen MR) is 174 cm³/mol. The molecule has 2 heterocycles. The summed E-state index contributed by atoms with van der Waals surface area (Å²) in [7, 11) is 1.66. The lowest BCUT2D eigenvalue weighted by Gasteiger charge is -2.40. The van der Waals surface area contributed by atoms with Crippen LogP contribution in [0.2, 0.25) is 0 Å². The van der Waals surface area contributed by atoms with Crippen LogP contribution in [0.3, 0.4) is 0 Å². The number of unbranched alkanes of at least 4 members (excludes halogenated alkanes) is 6. The fraction of sp³-hybridized carbons (Fsp3) is 0.529. The lowest BCUT2D eigenvalue weighted by molar-refractivity contribution is -0.142. The lowest BCUT2D eigenvalue weighted by atomic mass is 10.1. The SMILES string of the molecule is CCCCCCCCC(=O)N1CCN(C(=O)CCCCSc2nnc(-c3ccccc3)n2-c2ccc(OC)cc2)CC1C. The van der Waals surface area contributed by atoms with Gasteiger partial charge in [0.25, 0.3) is 0 Å². The molecule has 8 nitrogen and oxygen atoms in total. The number of aromatic nitrogens is 3. The summed E-state index contributed by atoms with van der Waals surface area (Å²) in [6.07, 6.45) is 9.98. The van der Waals surface area contributed by atoms with Crippen LogP contribution in [0.4, 0.5) is 0 Å². The average molecular weight is 606 g/mol. The number of rotatable bonds is 16. The zero-order valence-corrected chi connectivity index (χ0v) is 26.9. The third kappa shape index (κ3) is 9.33. The first kappa shape index (κ1) is 32.6. The van der Waals surface area contributed by atoms with Crippen LogP contribution in [0, 0.1) is 0 Å². The smallest absolute Gasteiger partial charge is 0.222 e. The monoisotopic (exact) mass is 605 g/mol. The van der Waals surface area contributed by atoms with Crippen molar-refractivity contribution in [1.29, 1.82) is 0 Å². The second kappa shape index (κ2) is 17.1. The number of amides is 2. The number of carbonyl (C=O) groups is 2. The molecule has 2 amide bonds. The van der Waals surface area contributed by atoms with Crippen molar-refractivity contribution in [3.8, 4) is 22.8 Å². The van der Waals surface area contributed by atoms with E-state index in [2.05, 4.69) is 28.6 Å². The molecule has 1 atom stereocenters. The highest BCUT2D eigenvalue weighted by molar-refractivity contribution is 7.99. The fourth-order valence-electron chi connectivity index (χ4n) is 5.56. The largest absolute Gasteiger partial charge is 0.497 e. The van der Waals surface area contributed by atoms with E-state index in [0.29, 0.717) is 32.5 Å². The number of methoxy groups -OCH3 is 1. The number of hydrogen-bond donors (Lipinski definition) is 0. The summed E-state index contributed by atoms with van der Waals surface area (Å²) >= 11 is 1.66. The predicted octanol–water partition coefficient (Wildman–Crippen LogP) is 7.02. The Kier molecular flexibility index (Phi) is 12.9. The lowest BCUT2D eigenvalue weighted by Crippen LogP contribution is -2.55. The number of carbonyl (C=O) groups excluding carboxylic acids is 2. The van der Waals surface area contributed by atoms with Crippen LogP contribution in [0.15, 0.2) is 59.8 Å². The van der Waals surface area contributed by atoms with E-state index in [1.54, 1.807) is 18.9 Å². The van der Waals surface area contributed by atoms with Gasteiger partial charge in [-0.05, 0) is 50.5 Å². The minimum Gasteiger partial charge on any atom is -0.497 e. The van der Waals surface area contributed by atoms with E-state index in [1.165, 1.54) is 25.7 Å². The summed E-state index contributed by atoms with van der Waals surface area (Å²) in [5, 5.41) is 9.87. The minimum absolute atomic E-state index is 0.0731.